The zero-order valence-corrected chi connectivity index (χ0v) is 18.8. The molecule has 0 radical (unpaired) electrons. The van der Waals surface area contributed by atoms with Gasteiger partial charge in [-0.05, 0) is 47.5 Å². The molecule has 33 heavy (non-hydrogen) atoms. The number of benzene rings is 3. The molecule has 0 spiro atoms. The lowest BCUT2D eigenvalue weighted by Gasteiger charge is -2.21. The molecular formula is C24H24F2N2O4S. The van der Waals surface area contributed by atoms with E-state index >= 15 is 0 Å². The third-order valence-corrected chi connectivity index (χ3v) is 6.30. The number of nitrogens with zero attached hydrogens (tertiary/aromatic N) is 2. The lowest BCUT2D eigenvalue weighted by Crippen LogP contribution is -2.33. The summed E-state index contributed by atoms with van der Waals surface area (Å²) in [4.78, 5) is 0. The number of rotatable bonds is 9. The van der Waals surface area contributed by atoms with Crippen molar-refractivity contribution >= 4 is 32.7 Å². The maximum Gasteiger partial charge on any atom is 0.204 e. The Balaban J connectivity index is 1.57. The van der Waals surface area contributed by atoms with Crippen LogP contribution in [0.2, 0.25) is 0 Å². The highest BCUT2D eigenvalue weighted by atomic mass is 32.2. The highest BCUT2D eigenvalue weighted by molar-refractivity contribution is 7.69. The second-order valence-electron chi connectivity index (χ2n) is 7.92. The Morgan fingerprint density at radius 3 is 2.00 bits per heavy atom. The summed E-state index contributed by atoms with van der Waals surface area (Å²) in [5.74, 6) is -0.894. The molecule has 1 unspecified atom stereocenters. The maximum atomic E-state index is 13.8. The summed E-state index contributed by atoms with van der Waals surface area (Å²) < 4.78 is 59.4. The molecule has 0 aliphatic heterocycles. The highest BCUT2D eigenvalue weighted by Gasteiger charge is 2.19. The molecule has 0 amide bonds. The first-order chi connectivity index (χ1) is 15.9. The van der Waals surface area contributed by atoms with E-state index < -0.39 is 28.6 Å². The Kier molecular flexibility index (Phi) is 7.04. The van der Waals surface area contributed by atoms with Gasteiger partial charge in [-0.2, -0.15) is 4.31 Å². The van der Waals surface area contributed by atoms with E-state index in [-0.39, 0.29) is 19.6 Å². The number of methoxy groups -OCH3 is 1. The molecule has 1 aromatic heterocycles. The summed E-state index contributed by atoms with van der Waals surface area (Å²) in [6.45, 7) is 0.517. The molecular weight excluding hydrogens is 450 g/mol. The maximum absolute atomic E-state index is 13.8. The number of fused-ring (bicyclic) bond motifs is 3. The minimum absolute atomic E-state index is 0.0592. The van der Waals surface area contributed by atoms with Gasteiger partial charge in [0.2, 0.25) is 10.9 Å². The number of thiol groups is 1. The van der Waals surface area contributed by atoms with Crippen molar-refractivity contribution in [3.8, 4) is 0 Å². The number of ether oxygens (including phenoxy) is 1. The van der Waals surface area contributed by atoms with Crippen LogP contribution < -0.4 is 0 Å². The number of aromatic nitrogens is 1. The van der Waals surface area contributed by atoms with Gasteiger partial charge >= 0.3 is 0 Å². The Labute approximate surface area is 191 Å². The number of halogens is 2. The zero-order chi connectivity index (χ0) is 23.5. The molecule has 1 atom stereocenters. The van der Waals surface area contributed by atoms with Crippen LogP contribution >= 0.6 is 0 Å². The van der Waals surface area contributed by atoms with Crippen LogP contribution in [0.5, 0.6) is 0 Å². The summed E-state index contributed by atoms with van der Waals surface area (Å²) in [5.41, 5.74) is 3.01. The van der Waals surface area contributed by atoms with Crippen LogP contribution in [-0.2, 0) is 35.3 Å². The topological polar surface area (TPSA) is 71.8 Å². The van der Waals surface area contributed by atoms with Crippen LogP contribution in [-0.4, -0.2) is 42.2 Å². The van der Waals surface area contributed by atoms with Crippen LogP contribution in [0.25, 0.3) is 21.8 Å². The van der Waals surface area contributed by atoms with E-state index in [1.807, 2.05) is 24.3 Å². The smallest absolute Gasteiger partial charge is 0.204 e. The molecule has 9 heteroatoms. The van der Waals surface area contributed by atoms with Gasteiger partial charge < -0.3 is 14.4 Å². The molecule has 0 aliphatic carbocycles. The van der Waals surface area contributed by atoms with E-state index in [2.05, 4.69) is 0 Å². The molecule has 3 aromatic carbocycles. The first kappa shape index (κ1) is 23.3. The fourth-order valence-electron chi connectivity index (χ4n) is 4.06. The summed E-state index contributed by atoms with van der Waals surface area (Å²) in [7, 11) is -1.33. The van der Waals surface area contributed by atoms with Crippen molar-refractivity contribution in [1.82, 2.24) is 8.87 Å². The fourth-order valence-corrected chi connectivity index (χ4v) is 4.66. The van der Waals surface area contributed by atoms with Crippen molar-refractivity contribution in [2.45, 2.75) is 25.8 Å². The predicted molar refractivity (Wildman–Crippen MR) is 123 cm³/mol. The van der Waals surface area contributed by atoms with Gasteiger partial charge in [0.15, 0.2) is 0 Å². The lowest BCUT2D eigenvalue weighted by molar-refractivity contribution is 0.130. The molecule has 0 fully saturated rings. The quantitative estimate of drug-likeness (QED) is 0.364. The van der Waals surface area contributed by atoms with Gasteiger partial charge in [-0.15, -0.1) is 0 Å². The van der Waals surface area contributed by atoms with Crippen molar-refractivity contribution < 1.29 is 27.0 Å². The molecule has 4 aromatic rings. The first-order valence-corrected chi connectivity index (χ1v) is 11.5. The molecule has 1 heterocycles. The monoisotopic (exact) mass is 474 g/mol. The van der Waals surface area contributed by atoms with Crippen LogP contribution in [0.15, 0.2) is 60.7 Å². The number of aliphatic hydroxyl groups is 1. The standard InChI is InChI=1S/C24H24F2N2O4S/c1-32-15-17-4-2-16(3-5-17)12-27(33(30)31)13-20(29)14-28-23-8-6-18(25)10-21(23)22-11-19(26)7-9-24(22)28/h2-11,20,29,33H,12-15H2,1H3. The summed E-state index contributed by atoms with van der Waals surface area (Å²) in [6.07, 6.45) is -1.04. The van der Waals surface area contributed by atoms with E-state index in [0.29, 0.717) is 28.4 Å². The number of aliphatic hydroxyl groups excluding tert-OH is 1. The van der Waals surface area contributed by atoms with Crippen LogP contribution in [0, 0.1) is 11.6 Å². The van der Waals surface area contributed by atoms with Crippen LogP contribution in [0.3, 0.4) is 0 Å². The third-order valence-electron chi connectivity index (χ3n) is 5.53. The molecule has 4 rings (SSSR count). The van der Waals surface area contributed by atoms with Crippen molar-refractivity contribution in [3.63, 3.8) is 0 Å². The first-order valence-electron chi connectivity index (χ1n) is 10.4. The molecule has 1 N–H and O–H groups in total. The second-order valence-corrected chi connectivity index (χ2v) is 8.96. The Hall–Kier alpha value is -2.85. The molecule has 0 bridgehead atoms. The molecule has 174 valence electrons. The third kappa shape index (κ3) is 5.22. The van der Waals surface area contributed by atoms with Crippen molar-refractivity contribution in [1.29, 1.82) is 0 Å². The fraction of sp³-hybridized carbons (Fsp3) is 0.250. The van der Waals surface area contributed by atoms with E-state index in [0.717, 1.165) is 11.1 Å². The van der Waals surface area contributed by atoms with Gasteiger partial charge in [0.25, 0.3) is 0 Å². The van der Waals surface area contributed by atoms with E-state index in [1.165, 1.54) is 28.6 Å². The average Bonchev–Trinajstić information content (AvgIpc) is 3.06. The Bertz CT molecular complexity index is 1290. The van der Waals surface area contributed by atoms with Gasteiger partial charge in [0, 0.05) is 42.0 Å². The normalized spacial score (nSPS) is 12.9. The van der Waals surface area contributed by atoms with E-state index in [1.54, 1.807) is 23.8 Å². The van der Waals surface area contributed by atoms with Gasteiger partial charge in [0.1, 0.15) is 11.6 Å². The largest absolute Gasteiger partial charge is 0.390 e. The van der Waals surface area contributed by atoms with Gasteiger partial charge in [0.05, 0.1) is 19.3 Å². The summed E-state index contributed by atoms with van der Waals surface area (Å²) in [5, 5.41) is 11.8. The minimum Gasteiger partial charge on any atom is -0.390 e. The molecule has 6 nitrogen and oxygen atoms in total. The second kappa shape index (κ2) is 9.96. The minimum atomic E-state index is -2.94. The predicted octanol–water partition coefficient (Wildman–Crippen LogP) is 3.61. The van der Waals surface area contributed by atoms with E-state index in [9.17, 15) is 22.3 Å². The van der Waals surface area contributed by atoms with Crippen molar-refractivity contribution in [3.05, 3.63) is 83.4 Å². The lowest BCUT2D eigenvalue weighted by atomic mass is 10.1. The molecule has 0 saturated heterocycles. The van der Waals surface area contributed by atoms with Crippen LogP contribution in [0.4, 0.5) is 8.78 Å². The van der Waals surface area contributed by atoms with Gasteiger partial charge in [-0.3, -0.25) is 0 Å². The zero-order valence-electron chi connectivity index (χ0n) is 17.9. The van der Waals surface area contributed by atoms with Gasteiger partial charge in [-0.1, -0.05) is 24.3 Å². The number of hydrogen-bond donors (Lipinski definition) is 2. The van der Waals surface area contributed by atoms with E-state index in [4.69, 9.17) is 4.74 Å². The van der Waals surface area contributed by atoms with Crippen molar-refractivity contribution in [2.75, 3.05) is 13.7 Å². The highest BCUT2D eigenvalue weighted by Crippen LogP contribution is 2.30. The molecule has 0 aliphatic rings. The van der Waals surface area contributed by atoms with Crippen molar-refractivity contribution in [2.24, 2.45) is 0 Å². The Morgan fingerprint density at radius 1 is 0.939 bits per heavy atom. The Morgan fingerprint density at radius 2 is 1.48 bits per heavy atom. The van der Waals surface area contributed by atoms with Gasteiger partial charge in [-0.25, -0.2) is 17.2 Å². The average molecular weight is 475 g/mol. The summed E-state index contributed by atoms with van der Waals surface area (Å²) >= 11 is 0. The number of hydrogen-bond acceptors (Lipinski definition) is 4. The van der Waals surface area contributed by atoms with Crippen LogP contribution in [0.1, 0.15) is 11.1 Å². The summed E-state index contributed by atoms with van der Waals surface area (Å²) in [6, 6.07) is 15.8. The SMILES string of the molecule is COCc1ccc(CN(CC(O)Cn2c3ccc(F)cc3c3cc(F)ccc32)[SH](=O)=O)cc1. The molecule has 0 saturated carbocycles.